The van der Waals surface area contributed by atoms with E-state index in [0.29, 0.717) is 5.88 Å². The van der Waals surface area contributed by atoms with Crippen molar-refractivity contribution in [2.45, 2.75) is 19.9 Å². The molecule has 0 fully saturated rings. The lowest BCUT2D eigenvalue weighted by Crippen LogP contribution is -2.27. The molecular formula is C11H13N3O2S. The summed E-state index contributed by atoms with van der Waals surface area (Å²) in [4.78, 5) is 12.7. The molecule has 0 aromatic carbocycles. The molecular weight excluding hydrogens is 238 g/mol. The van der Waals surface area contributed by atoms with Crippen molar-refractivity contribution in [1.82, 2.24) is 5.16 Å². The second-order valence-corrected chi connectivity index (χ2v) is 4.68. The molecule has 0 saturated heterocycles. The first-order chi connectivity index (χ1) is 8.09. The van der Waals surface area contributed by atoms with Gasteiger partial charge in [-0.3, -0.25) is 10.1 Å². The maximum atomic E-state index is 11.9. The van der Waals surface area contributed by atoms with Crippen molar-refractivity contribution in [2.75, 3.05) is 5.32 Å². The Morgan fingerprint density at radius 2 is 2.35 bits per heavy atom. The van der Waals surface area contributed by atoms with Crippen molar-refractivity contribution < 1.29 is 9.32 Å². The summed E-state index contributed by atoms with van der Waals surface area (Å²) in [6.45, 7) is 3.64. The van der Waals surface area contributed by atoms with Crippen LogP contribution >= 0.6 is 11.3 Å². The maximum absolute atomic E-state index is 11.9. The Morgan fingerprint density at radius 1 is 1.59 bits per heavy atom. The molecule has 0 bridgehead atoms. The standard InChI is InChI=1S/C11H13N3O2S/c1-6-7(2)14-16-11(6)13-10(15)9(12)8-4-3-5-17-8/h3-5,9H,12H2,1-2H3,(H,13,15). The monoisotopic (exact) mass is 251 g/mol. The van der Waals surface area contributed by atoms with Gasteiger partial charge in [0.25, 0.3) is 0 Å². The third-order valence-electron chi connectivity index (χ3n) is 2.53. The van der Waals surface area contributed by atoms with E-state index in [1.54, 1.807) is 0 Å². The van der Waals surface area contributed by atoms with Crippen LogP contribution in [0.5, 0.6) is 0 Å². The summed E-state index contributed by atoms with van der Waals surface area (Å²) in [6.07, 6.45) is 0. The van der Waals surface area contributed by atoms with Gasteiger partial charge in [-0.1, -0.05) is 11.2 Å². The number of nitrogens with zero attached hydrogens (tertiary/aromatic N) is 1. The average Bonchev–Trinajstić information content (AvgIpc) is 2.93. The maximum Gasteiger partial charge on any atom is 0.249 e. The van der Waals surface area contributed by atoms with Gasteiger partial charge in [-0.05, 0) is 25.3 Å². The van der Waals surface area contributed by atoms with E-state index < -0.39 is 6.04 Å². The van der Waals surface area contributed by atoms with Crippen LogP contribution in [0.15, 0.2) is 22.0 Å². The predicted molar refractivity (Wildman–Crippen MR) is 65.9 cm³/mol. The fourth-order valence-corrected chi connectivity index (χ4v) is 2.04. The number of amides is 1. The number of carbonyl (C=O) groups is 1. The van der Waals surface area contributed by atoms with Crippen LogP contribution in [-0.4, -0.2) is 11.1 Å². The lowest BCUT2D eigenvalue weighted by molar-refractivity contribution is -0.117. The van der Waals surface area contributed by atoms with Crippen LogP contribution in [0.4, 0.5) is 5.88 Å². The summed E-state index contributed by atoms with van der Waals surface area (Å²) >= 11 is 1.45. The van der Waals surface area contributed by atoms with E-state index in [0.717, 1.165) is 16.1 Å². The third kappa shape index (κ3) is 2.37. The third-order valence-corrected chi connectivity index (χ3v) is 3.48. The molecule has 3 N–H and O–H groups in total. The zero-order valence-electron chi connectivity index (χ0n) is 9.56. The Morgan fingerprint density at radius 3 is 2.88 bits per heavy atom. The molecule has 1 unspecified atom stereocenters. The van der Waals surface area contributed by atoms with Crippen LogP contribution in [0.1, 0.15) is 22.2 Å². The highest BCUT2D eigenvalue weighted by molar-refractivity contribution is 7.10. The van der Waals surface area contributed by atoms with Crippen LogP contribution in [-0.2, 0) is 4.79 Å². The highest BCUT2D eigenvalue weighted by Gasteiger charge is 2.19. The van der Waals surface area contributed by atoms with E-state index in [1.807, 2.05) is 31.4 Å². The van der Waals surface area contributed by atoms with Gasteiger partial charge >= 0.3 is 0 Å². The molecule has 0 aliphatic rings. The molecule has 5 nitrogen and oxygen atoms in total. The van der Waals surface area contributed by atoms with Gasteiger partial charge < -0.3 is 10.3 Å². The number of carbonyl (C=O) groups excluding carboxylic acids is 1. The summed E-state index contributed by atoms with van der Waals surface area (Å²) in [5.41, 5.74) is 7.40. The number of nitrogens with one attached hydrogen (secondary N) is 1. The lowest BCUT2D eigenvalue weighted by Gasteiger charge is -2.08. The molecule has 0 saturated carbocycles. The second kappa shape index (κ2) is 4.68. The largest absolute Gasteiger partial charge is 0.338 e. The second-order valence-electron chi connectivity index (χ2n) is 3.70. The van der Waals surface area contributed by atoms with Crippen molar-refractivity contribution in [3.8, 4) is 0 Å². The van der Waals surface area contributed by atoms with E-state index in [4.69, 9.17) is 10.3 Å². The number of aryl methyl sites for hydroxylation is 1. The molecule has 17 heavy (non-hydrogen) atoms. The topological polar surface area (TPSA) is 81.2 Å². The molecule has 6 heteroatoms. The van der Waals surface area contributed by atoms with Crippen molar-refractivity contribution in [1.29, 1.82) is 0 Å². The van der Waals surface area contributed by atoms with Gasteiger partial charge in [0.15, 0.2) is 0 Å². The molecule has 2 aromatic rings. The van der Waals surface area contributed by atoms with Gasteiger partial charge in [0.1, 0.15) is 6.04 Å². The number of hydrogen-bond acceptors (Lipinski definition) is 5. The van der Waals surface area contributed by atoms with Crippen molar-refractivity contribution in [2.24, 2.45) is 5.73 Å². The molecule has 90 valence electrons. The molecule has 1 atom stereocenters. The van der Waals surface area contributed by atoms with Crippen LogP contribution in [0.2, 0.25) is 0 Å². The fourth-order valence-electron chi connectivity index (χ4n) is 1.32. The van der Waals surface area contributed by atoms with E-state index >= 15 is 0 Å². The fraction of sp³-hybridized carbons (Fsp3) is 0.273. The smallest absolute Gasteiger partial charge is 0.249 e. The molecule has 1 amide bonds. The Balaban J connectivity index is 2.10. The number of anilines is 1. The minimum Gasteiger partial charge on any atom is -0.338 e. The quantitative estimate of drug-likeness (QED) is 0.874. The number of hydrogen-bond donors (Lipinski definition) is 2. The summed E-state index contributed by atoms with van der Waals surface area (Å²) in [5, 5.41) is 8.28. The number of nitrogens with two attached hydrogens (primary N) is 1. The number of aromatic nitrogens is 1. The Hall–Kier alpha value is -1.66. The zero-order valence-corrected chi connectivity index (χ0v) is 10.4. The van der Waals surface area contributed by atoms with Gasteiger partial charge in [0.05, 0.1) is 5.69 Å². The average molecular weight is 251 g/mol. The normalized spacial score (nSPS) is 12.4. The van der Waals surface area contributed by atoms with Gasteiger partial charge in [-0.2, -0.15) is 0 Å². The Kier molecular flexibility index (Phi) is 3.26. The van der Waals surface area contributed by atoms with Gasteiger partial charge in [0.2, 0.25) is 11.8 Å². The SMILES string of the molecule is Cc1noc(NC(=O)C(N)c2cccs2)c1C. The summed E-state index contributed by atoms with van der Waals surface area (Å²) in [6, 6.07) is 3.00. The zero-order chi connectivity index (χ0) is 12.4. The van der Waals surface area contributed by atoms with Crippen LogP contribution in [0.3, 0.4) is 0 Å². The van der Waals surface area contributed by atoms with Crippen LogP contribution in [0, 0.1) is 13.8 Å². The highest BCUT2D eigenvalue weighted by Crippen LogP contribution is 2.21. The summed E-state index contributed by atoms with van der Waals surface area (Å²) < 4.78 is 5.00. The molecule has 2 aromatic heterocycles. The van der Waals surface area contributed by atoms with E-state index in [1.165, 1.54) is 11.3 Å². The van der Waals surface area contributed by atoms with Crippen molar-refractivity contribution >= 4 is 23.1 Å². The minimum atomic E-state index is -0.681. The van der Waals surface area contributed by atoms with E-state index in [9.17, 15) is 4.79 Å². The summed E-state index contributed by atoms with van der Waals surface area (Å²) in [7, 11) is 0. The lowest BCUT2D eigenvalue weighted by atomic mass is 10.2. The van der Waals surface area contributed by atoms with E-state index in [2.05, 4.69) is 10.5 Å². The van der Waals surface area contributed by atoms with Crippen LogP contribution in [0.25, 0.3) is 0 Å². The molecule has 0 aliphatic carbocycles. The van der Waals surface area contributed by atoms with Crippen LogP contribution < -0.4 is 11.1 Å². The Bertz CT molecular complexity index is 519. The van der Waals surface area contributed by atoms with E-state index in [-0.39, 0.29) is 5.91 Å². The van der Waals surface area contributed by atoms with Gasteiger partial charge in [0, 0.05) is 10.4 Å². The van der Waals surface area contributed by atoms with Gasteiger partial charge in [-0.15, -0.1) is 11.3 Å². The molecule has 2 rings (SSSR count). The number of thiophene rings is 1. The Labute approximate surface area is 103 Å². The first-order valence-corrected chi connectivity index (χ1v) is 6.00. The molecule has 0 radical (unpaired) electrons. The predicted octanol–water partition coefficient (Wildman–Crippen LogP) is 1.99. The number of rotatable bonds is 3. The van der Waals surface area contributed by atoms with Gasteiger partial charge in [-0.25, -0.2) is 0 Å². The molecule has 0 aliphatic heterocycles. The summed E-state index contributed by atoms with van der Waals surface area (Å²) in [5.74, 6) is 0.0613. The first kappa shape index (κ1) is 11.8. The highest BCUT2D eigenvalue weighted by atomic mass is 32.1. The molecule has 2 heterocycles. The first-order valence-electron chi connectivity index (χ1n) is 5.12. The molecule has 0 spiro atoms. The van der Waals surface area contributed by atoms with Crippen molar-refractivity contribution in [3.05, 3.63) is 33.6 Å². The minimum absolute atomic E-state index is 0.299. The van der Waals surface area contributed by atoms with Crippen molar-refractivity contribution in [3.63, 3.8) is 0 Å².